The SMILES string of the molecule is Cc1cc(Oc2[c-]c3c(cc2)c2ccccc2n3-c2cc(C)ccn2)[c-]c(-n2cc(-c3c(CC(C)C)c(C)c(C)c(C)c3CC(C)C)cn2)c1.[Pt+2]. The standard InChI is InChI=1S/C45H46N4O.Pt/c1-27(2)18-40-32(8)31(7)33(9)41(19-28(3)4)45(40)34-25-47-48(26-34)35-20-30(6)21-37(23-35)50-36-14-15-39-38-12-10-11-13-42(38)49(43(39)24-36)44-22-29(5)16-17-46-44;/h10-17,20-22,25-28H,18-19H2,1-9H3;/q-2;+2. The van der Waals surface area contributed by atoms with E-state index < -0.39 is 0 Å². The van der Waals surface area contributed by atoms with Crippen LogP contribution in [0.15, 0.2) is 79.3 Å². The smallest absolute Gasteiger partial charge is 0.509 e. The number of rotatable bonds is 9. The first-order valence-electron chi connectivity index (χ1n) is 17.8. The van der Waals surface area contributed by atoms with Crippen molar-refractivity contribution >= 4 is 21.8 Å². The van der Waals surface area contributed by atoms with Crippen molar-refractivity contribution in [2.24, 2.45) is 11.8 Å². The van der Waals surface area contributed by atoms with E-state index in [0.717, 1.165) is 62.8 Å². The summed E-state index contributed by atoms with van der Waals surface area (Å²) in [6.07, 6.45) is 8.11. The Balaban J connectivity index is 0.00000448. The van der Waals surface area contributed by atoms with Gasteiger partial charge >= 0.3 is 21.1 Å². The zero-order valence-corrected chi connectivity index (χ0v) is 33.4. The Morgan fingerprint density at radius 1 is 0.725 bits per heavy atom. The summed E-state index contributed by atoms with van der Waals surface area (Å²) in [4.78, 5) is 4.72. The second-order valence-corrected chi connectivity index (χ2v) is 14.7. The number of pyridine rings is 1. The molecule has 0 amide bonds. The van der Waals surface area contributed by atoms with Gasteiger partial charge in [-0.05, 0) is 121 Å². The van der Waals surface area contributed by atoms with E-state index >= 15 is 0 Å². The van der Waals surface area contributed by atoms with Gasteiger partial charge in [-0.15, -0.1) is 35.7 Å². The van der Waals surface area contributed by atoms with Crippen molar-refractivity contribution < 1.29 is 25.8 Å². The number of nitrogens with zero attached hydrogens (tertiary/aromatic N) is 4. The van der Waals surface area contributed by atoms with Crippen molar-refractivity contribution in [2.45, 2.75) is 75.2 Å². The summed E-state index contributed by atoms with van der Waals surface area (Å²) in [6.45, 7) is 20.3. The quantitative estimate of drug-likeness (QED) is 0.136. The molecule has 0 aliphatic heterocycles. The molecule has 0 saturated carbocycles. The van der Waals surface area contributed by atoms with Gasteiger partial charge in [0, 0.05) is 35.0 Å². The van der Waals surface area contributed by atoms with Gasteiger partial charge in [0.25, 0.3) is 0 Å². The molecule has 6 heteroatoms. The predicted octanol–water partition coefficient (Wildman–Crippen LogP) is 11.4. The number of aryl methyl sites for hydroxylation is 2. The van der Waals surface area contributed by atoms with E-state index in [1.807, 2.05) is 35.3 Å². The second kappa shape index (κ2) is 14.6. The summed E-state index contributed by atoms with van der Waals surface area (Å²) in [6, 6.07) is 27.8. The third-order valence-corrected chi connectivity index (χ3v) is 9.86. The summed E-state index contributed by atoms with van der Waals surface area (Å²) < 4.78 is 10.6. The summed E-state index contributed by atoms with van der Waals surface area (Å²) in [7, 11) is 0. The van der Waals surface area contributed by atoms with Crippen molar-refractivity contribution in [2.75, 3.05) is 0 Å². The molecule has 0 spiro atoms. The summed E-state index contributed by atoms with van der Waals surface area (Å²) in [5, 5.41) is 7.16. The minimum Gasteiger partial charge on any atom is -0.509 e. The Bertz CT molecular complexity index is 2340. The van der Waals surface area contributed by atoms with Crippen molar-refractivity contribution in [3.8, 4) is 34.1 Å². The third kappa shape index (κ3) is 7.06. The Kier molecular flexibility index (Phi) is 10.4. The fourth-order valence-electron chi connectivity index (χ4n) is 7.32. The molecule has 0 N–H and O–H groups in total. The summed E-state index contributed by atoms with van der Waals surface area (Å²) in [5.41, 5.74) is 14.6. The Hall–Kier alpha value is -4.47. The van der Waals surface area contributed by atoms with Crippen LogP contribution < -0.4 is 4.74 Å². The van der Waals surface area contributed by atoms with E-state index in [-0.39, 0.29) is 21.1 Å². The number of hydrogen-bond acceptors (Lipinski definition) is 3. The molecule has 7 rings (SSSR count). The topological polar surface area (TPSA) is 44.9 Å². The minimum atomic E-state index is 0. The monoisotopic (exact) mass is 853 g/mol. The zero-order valence-electron chi connectivity index (χ0n) is 31.1. The molecule has 0 aliphatic rings. The second-order valence-electron chi connectivity index (χ2n) is 14.7. The molecular formula is C45H46N4OPt. The fraction of sp³-hybridized carbons (Fsp3) is 0.289. The van der Waals surface area contributed by atoms with Crippen molar-refractivity contribution in [1.29, 1.82) is 0 Å². The number of para-hydroxylation sites is 1. The average Bonchev–Trinajstić information content (AvgIpc) is 3.68. The van der Waals surface area contributed by atoms with Crippen LogP contribution in [0.5, 0.6) is 11.5 Å². The number of hydrogen-bond donors (Lipinski definition) is 0. The molecule has 4 aromatic carbocycles. The van der Waals surface area contributed by atoms with Crippen LogP contribution in [0, 0.1) is 58.6 Å². The van der Waals surface area contributed by atoms with Crippen molar-refractivity contribution in [3.63, 3.8) is 0 Å². The largest absolute Gasteiger partial charge is 2.00 e. The van der Waals surface area contributed by atoms with Crippen LogP contribution in [0.3, 0.4) is 0 Å². The van der Waals surface area contributed by atoms with E-state index in [9.17, 15) is 0 Å². The normalized spacial score (nSPS) is 11.6. The molecule has 0 atom stereocenters. The van der Waals surface area contributed by atoms with Crippen LogP contribution >= 0.6 is 0 Å². The Morgan fingerprint density at radius 2 is 1.43 bits per heavy atom. The van der Waals surface area contributed by atoms with Gasteiger partial charge in [0.05, 0.1) is 6.20 Å². The first-order valence-corrected chi connectivity index (χ1v) is 17.8. The molecule has 3 heterocycles. The zero-order chi connectivity index (χ0) is 35.3. The van der Waals surface area contributed by atoms with E-state index in [0.29, 0.717) is 23.3 Å². The first kappa shape index (κ1) is 36.3. The summed E-state index contributed by atoms with van der Waals surface area (Å²) >= 11 is 0. The van der Waals surface area contributed by atoms with Gasteiger partial charge in [-0.25, -0.2) is 4.98 Å². The maximum atomic E-state index is 6.52. The number of ether oxygens (including phenoxy) is 1. The first-order chi connectivity index (χ1) is 24.0. The van der Waals surface area contributed by atoms with Gasteiger partial charge in [-0.2, -0.15) is 16.7 Å². The average molecular weight is 854 g/mol. The van der Waals surface area contributed by atoms with Crippen LogP contribution in [0.25, 0.3) is 44.4 Å². The van der Waals surface area contributed by atoms with Crippen LogP contribution in [0.4, 0.5) is 0 Å². The third-order valence-electron chi connectivity index (χ3n) is 9.86. The molecule has 7 aromatic rings. The molecule has 0 radical (unpaired) electrons. The molecule has 0 saturated heterocycles. The van der Waals surface area contributed by atoms with Crippen LogP contribution in [0.2, 0.25) is 0 Å². The fourth-order valence-corrected chi connectivity index (χ4v) is 7.32. The Labute approximate surface area is 317 Å². The molecule has 0 unspecified atom stereocenters. The van der Waals surface area contributed by atoms with E-state index in [2.05, 4.69) is 128 Å². The summed E-state index contributed by atoms with van der Waals surface area (Å²) in [5.74, 6) is 3.19. The van der Waals surface area contributed by atoms with Crippen molar-refractivity contribution in [1.82, 2.24) is 19.3 Å². The van der Waals surface area contributed by atoms with E-state index in [4.69, 9.17) is 14.8 Å². The van der Waals surface area contributed by atoms with Crippen LogP contribution in [-0.4, -0.2) is 19.3 Å². The molecule has 0 fully saturated rings. The molecular weight excluding hydrogens is 808 g/mol. The van der Waals surface area contributed by atoms with E-state index in [1.54, 1.807) is 0 Å². The number of benzene rings is 4. The number of fused-ring (bicyclic) bond motifs is 3. The van der Waals surface area contributed by atoms with Gasteiger partial charge in [0.15, 0.2) is 0 Å². The molecule has 262 valence electrons. The van der Waals surface area contributed by atoms with E-state index in [1.165, 1.54) is 33.4 Å². The molecule has 0 aliphatic carbocycles. The van der Waals surface area contributed by atoms with Gasteiger partial charge in [-0.1, -0.05) is 58.3 Å². The predicted molar refractivity (Wildman–Crippen MR) is 206 cm³/mol. The van der Waals surface area contributed by atoms with Gasteiger partial charge < -0.3 is 9.30 Å². The maximum Gasteiger partial charge on any atom is 2.00 e. The minimum absolute atomic E-state index is 0. The molecule has 0 bridgehead atoms. The molecule has 51 heavy (non-hydrogen) atoms. The maximum absolute atomic E-state index is 6.52. The molecule has 3 aromatic heterocycles. The molecule has 5 nitrogen and oxygen atoms in total. The van der Waals surface area contributed by atoms with Gasteiger partial charge in [-0.3, -0.25) is 4.68 Å². The van der Waals surface area contributed by atoms with Gasteiger partial charge in [0.1, 0.15) is 5.82 Å². The van der Waals surface area contributed by atoms with Crippen molar-refractivity contribution in [3.05, 3.63) is 130 Å². The van der Waals surface area contributed by atoms with Crippen LogP contribution in [-0.2, 0) is 33.9 Å². The number of aromatic nitrogens is 4. The Morgan fingerprint density at radius 3 is 2.12 bits per heavy atom. The van der Waals surface area contributed by atoms with Crippen LogP contribution in [0.1, 0.15) is 66.6 Å². The van der Waals surface area contributed by atoms with Gasteiger partial charge in [0.2, 0.25) is 0 Å².